The van der Waals surface area contributed by atoms with Crippen molar-refractivity contribution in [2.75, 3.05) is 20.7 Å². The molecule has 2 aliphatic rings. The van der Waals surface area contributed by atoms with Gasteiger partial charge in [0.15, 0.2) is 0 Å². The number of piperidine rings is 1. The lowest BCUT2D eigenvalue weighted by Gasteiger charge is -2.47. The number of carbonyl (C=O) groups excluding carboxylic acids is 1. The van der Waals surface area contributed by atoms with Crippen molar-refractivity contribution in [3.05, 3.63) is 29.8 Å². The molecule has 114 valence electrons. The van der Waals surface area contributed by atoms with Gasteiger partial charge in [0.1, 0.15) is 24.1 Å². The second kappa shape index (κ2) is 5.43. The molecule has 1 saturated carbocycles. The SMILES string of the molecule is COc1cccc(C2C3CCC(=O)CC3CC[N+]2(C)O)c1. The molecule has 4 unspecified atom stereocenters. The van der Waals surface area contributed by atoms with Crippen molar-refractivity contribution >= 4 is 5.78 Å². The van der Waals surface area contributed by atoms with E-state index in [4.69, 9.17) is 4.74 Å². The summed E-state index contributed by atoms with van der Waals surface area (Å²) in [4.78, 5) is 11.7. The van der Waals surface area contributed by atoms with E-state index >= 15 is 0 Å². The van der Waals surface area contributed by atoms with Gasteiger partial charge in [-0.3, -0.25) is 4.79 Å². The molecular weight excluding hydrogens is 266 g/mol. The van der Waals surface area contributed by atoms with E-state index in [9.17, 15) is 10.0 Å². The summed E-state index contributed by atoms with van der Waals surface area (Å²) in [6, 6.07) is 8.03. The number of ketones is 1. The van der Waals surface area contributed by atoms with Crippen molar-refractivity contribution in [3.8, 4) is 5.75 Å². The van der Waals surface area contributed by atoms with Crippen LogP contribution >= 0.6 is 0 Å². The van der Waals surface area contributed by atoms with Crippen LogP contribution in [0.15, 0.2) is 24.3 Å². The average Bonchev–Trinajstić information content (AvgIpc) is 2.47. The van der Waals surface area contributed by atoms with Gasteiger partial charge in [0.25, 0.3) is 0 Å². The topological polar surface area (TPSA) is 46.5 Å². The fourth-order valence-electron chi connectivity index (χ4n) is 4.21. The molecule has 0 radical (unpaired) electrons. The first-order valence-corrected chi connectivity index (χ1v) is 7.75. The minimum atomic E-state index is 0.0164. The molecule has 0 bridgehead atoms. The maximum Gasteiger partial charge on any atom is 0.147 e. The molecule has 1 aliphatic carbocycles. The van der Waals surface area contributed by atoms with Gasteiger partial charge in [-0.1, -0.05) is 12.1 Å². The van der Waals surface area contributed by atoms with Gasteiger partial charge in [-0.25, -0.2) is 5.21 Å². The molecule has 0 aromatic heterocycles. The van der Waals surface area contributed by atoms with Crippen LogP contribution in [0.4, 0.5) is 0 Å². The molecule has 0 spiro atoms. The Morgan fingerprint density at radius 3 is 2.90 bits per heavy atom. The lowest BCUT2D eigenvalue weighted by Crippen LogP contribution is -2.54. The zero-order chi connectivity index (χ0) is 15.0. The smallest absolute Gasteiger partial charge is 0.147 e. The standard InChI is InChI=1S/C17H24NO3/c1-18(20)9-8-12-10-14(19)6-7-16(12)17(18)13-4-3-5-15(11-13)21-2/h3-5,11-12,16-17,20H,6-10H2,1-2H3/q+1. The molecule has 3 rings (SSSR count). The Morgan fingerprint density at radius 2 is 2.14 bits per heavy atom. The van der Waals surface area contributed by atoms with Crippen LogP contribution < -0.4 is 4.74 Å². The van der Waals surface area contributed by atoms with Gasteiger partial charge in [0, 0.05) is 30.7 Å². The molecule has 1 aliphatic heterocycles. The molecule has 0 amide bonds. The highest BCUT2D eigenvalue weighted by atomic mass is 16.5. The number of hydrogen-bond donors (Lipinski definition) is 1. The lowest BCUT2D eigenvalue weighted by molar-refractivity contribution is -1.12. The van der Waals surface area contributed by atoms with Crippen LogP contribution in [-0.4, -0.2) is 36.3 Å². The second-order valence-corrected chi connectivity index (χ2v) is 6.65. The van der Waals surface area contributed by atoms with Gasteiger partial charge in [-0.15, -0.1) is 0 Å². The third-order valence-electron chi connectivity index (χ3n) is 5.24. The summed E-state index contributed by atoms with van der Waals surface area (Å²) >= 11 is 0. The normalized spacial score (nSPS) is 36.1. The number of carbonyl (C=O) groups is 1. The van der Waals surface area contributed by atoms with E-state index in [1.165, 1.54) is 0 Å². The number of methoxy groups -OCH3 is 1. The molecule has 4 nitrogen and oxygen atoms in total. The van der Waals surface area contributed by atoms with Crippen LogP contribution in [0.1, 0.15) is 37.3 Å². The zero-order valence-electron chi connectivity index (χ0n) is 12.8. The van der Waals surface area contributed by atoms with E-state index in [-0.39, 0.29) is 10.7 Å². The number of hydroxylamine groups is 3. The van der Waals surface area contributed by atoms with Gasteiger partial charge in [-0.2, -0.15) is 4.65 Å². The average molecular weight is 290 g/mol. The maximum atomic E-state index is 11.7. The second-order valence-electron chi connectivity index (χ2n) is 6.65. The van der Waals surface area contributed by atoms with Crippen LogP contribution in [0.25, 0.3) is 0 Å². The first-order valence-electron chi connectivity index (χ1n) is 7.75. The quantitative estimate of drug-likeness (QED) is 0.852. The maximum absolute atomic E-state index is 11.7. The molecule has 1 saturated heterocycles. The molecule has 1 N–H and O–H groups in total. The Hall–Kier alpha value is -1.39. The van der Waals surface area contributed by atoms with Crippen molar-refractivity contribution in [2.45, 2.75) is 31.7 Å². The van der Waals surface area contributed by atoms with Crippen LogP contribution in [0.3, 0.4) is 0 Å². The molecule has 21 heavy (non-hydrogen) atoms. The highest BCUT2D eigenvalue weighted by Crippen LogP contribution is 2.48. The molecule has 1 heterocycles. The van der Waals surface area contributed by atoms with E-state index in [0.717, 1.165) is 24.2 Å². The summed E-state index contributed by atoms with van der Waals surface area (Å²) in [6.45, 7) is 0.705. The van der Waals surface area contributed by atoms with Gasteiger partial charge in [0.2, 0.25) is 0 Å². The first-order chi connectivity index (χ1) is 10.0. The Kier molecular flexibility index (Phi) is 3.76. The molecule has 4 atom stereocenters. The lowest BCUT2D eigenvalue weighted by atomic mass is 9.69. The Labute approximate surface area is 125 Å². The Morgan fingerprint density at radius 1 is 1.33 bits per heavy atom. The van der Waals surface area contributed by atoms with Crippen LogP contribution in [-0.2, 0) is 4.79 Å². The third kappa shape index (κ3) is 2.70. The molecule has 1 aromatic rings. The van der Waals surface area contributed by atoms with Crippen molar-refractivity contribution in [1.29, 1.82) is 0 Å². The number of ether oxygens (including phenoxy) is 1. The van der Waals surface area contributed by atoms with Crippen LogP contribution in [0.5, 0.6) is 5.75 Å². The highest BCUT2D eigenvalue weighted by molar-refractivity contribution is 5.79. The van der Waals surface area contributed by atoms with Crippen molar-refractivity contribution < 1.29 is 19.4 Å². The Bertz CT molecular complexity index is 541. The highest BCUT2D eigenvalue weighted by Gasteiger charge is 2.49. The molecule has 4 heteroatoms. The summed E-state index contributed by atoms with van der Waals surface area (Å²) in [5.41, 5.74) is 1.11. The molecule has 1 aromatic carbocycles. The minimum Gasteiger partial charge on any atom is -0.497 e. The fraction of sp³-hybridized carbons (Fsp3) is 0.588. The Balaban J connectivity index is 1.96. The molecular formula is C17H24NO3+. The van der Waals surface area contributed by atoms with Gasteiger partial charge < -0.3 is 4.74 Å². The summed E-state index contributed by atoms with van der Waals surface area (Å²) in [7, 11) is 3.55. The predicted molar refractivity (Wildman–Crippen MR) is 79.0 cm³/mol. The van der Waals surface area contributed by atoms with Gasteiger partial charge in [0.05, 0.1) is 14.2 Å². The minimum absolute atomic E-state index is 0.0164. The van der Waals surface area contributed by atoms with Gasteiger partial charge in [-0.05, 0) is 24.5 Å². The van der Waals surface area contributed by atoms with Gasteiger partial charge >= 0.3 is 0 Å². The van der Waals surface area contributed by atoms with E-state index in [1.54, 1.807) is 7.11 Å². The number of likely N-dealkylation sites (tertiary alicyclic amines) is 1. The largest absolute Gasteiger partial charge is 0.497 e. The molecule has 2 fully saturated rings. The van der Waals surface area contributed by atoms with Crippen molar-refractivity contribution in [2.24, 2.45) is 11.8 Å². The van der Waals surface area contributed by atoms with Crippen molar-refractivity contribution in [3.63, 3.8) is 0 Å². The van der Waals surface area contributed by atoms with Crippen LogP contribution in [0.2, 0.25) is 0 Å². The van der Waals surface area contributed by atoms with E-state index in [1.807, 2.05) is 25.2 Å². The third-order valence-corrected chi connectivity index (χ3v) is 5.24. The number of rotatable bonds is 2. The van der Waals surface area contributed by atoms with E-state index in [0.29, 0.717) is 37.0 Å². The number of fused-ring (bicyclic) bond motifs is 1. The first kappa shape index (κ1) is 14.5. The summed E-state index contributed by atoms with van der Waals surface area (Å²) < 4.78 is 5.34. The zero-order valence-corrected chi connectivity index (χ0v) is 12.8. The fourth-order valence-corrected chi connectivity index (χ4v) is 4.21. The van der Waals surface area contributed by atoms with E-state index < -0.39 is 0 Å². The number of benzene rings is 1. The summed E-state index contributed by atoms with van der Waals surface area (Å²) in [5, 5.41) is 10.9. The summed E-state index contributed by atoms with van der Waals surface area (Å²) in [6.07, 6.45) is 3.16. The summed E-state index contributed by atoms with van der Waals surface area (Å²) in [5.74, 6) is 2.00. The number of quaternary nitrogens is 1. The number of Topliss-reactive ketones (excluding diaryl/α,β-unsaturated/α-hetero) is 1. The number of hydrogen-bond acceptors (Lipinski definition) is 3. The van der Waals surface area contributed by atoms with E-state index in [2.05, 4.69) is 6.07 Å². The number of nitrogens with zero attached hydrogens (tertiary/aromatic N) is 1. The predicted octanol–water partition coefficient (Wildman–Crippen LogP) is 2.96. The van der Waals surface area contributed by atoms with Crippen LogP contribution in [0, 0.1) is 11.8 Å². The van der Waals surface area contributed by atoms with Crippen molar-refractivity contribution in [1.82, 2.24) is 0 Å². The monoisotopic (exact) mass is 290 g/mol.